The lowest BCUT2D eigenvalue weighted by atomic mass is 10.1. The van der Waals surface area contributed by atoms with Crippen molar-refractivity contribution in [2.24, 2.45) is 0 Å². The SMILES string of the molecule is CCc1ccc(C2CC2)c(F)n1. The second kappa shape index (κ2) is 2.85. The van der Waals surface area contributed by atoms with E-state index in [2.05, 4.69) is 4.98 Å². The molecule has 1 saturated carbocycles. The fourth-order valence-corrected chi connectivity index (χ4v) is 1.38. The molecule has 12 heavy (non-hydrogen) atoms. The standard InChI is InChI=1S/C10H12FN/c1-2-8-5-6-9(7-3-4-7)10(11)12-8/h5-7H,2-4H2,1H3. The maximum absolute atomic E-state index is 13.2. The summed E-state index contributed by atoms with van der Waals surface area (Å²) in [6.07, 6.45) is 3.07. The van der Waals surface area contributed by atoms with E-state index in [0.717, 1.165) is 30.5 Å². The highest BCUT2D eigenvalue weighted by Gasteiger charge is 2.26. The molecule has 0 amide bonds. The van der Waals surface area contributed by atoms with Crippen LogP contribution in [-0.2, 0) is 6.42 Å². The first kappa shape index (κ1) is 7.71. The fraction of sp³-hybridized carbons (Fsp3) is 0.500. The van der Waals surface area contributed by atoms with Crippen LogP contribution in [0.15, 0.2) is 12.1 Å². The molecule has 0 aromatic carbocycles. The van der Waals surface area contributed by atoms with Crippen molar-refractivity contribution in [2.75, 3.05) is 0 Å². The van der Waals surface area contributed by atoms with Crippen molar-refractivity contribution < 1.29 is 4.39 Å². The molecule has 0 unspecified atom stereocenters. The Bertz CT molecular complexity index is 292. The quantitative estimate of drug-likeness (QED) is 0.614. The van der Waals surface area contributed by atoms with Gasteiger partial charge < -0.3 is 0 Å². The molecule has 0 bridgehead atoms. The zero-order valence-electron chi connectivity index (χ0n) is 7.18. The Labute approximate surface area is 71.6 Å². The number of rotatable bonds is 2. The third kappa shape index (κ3) is 1.33. The van der Waals surface area contributed by atoms with Crippen molar-refractivity contribution in [1.29, 1.82) is 0 Å². The maximum atomic E-state index is 13.2. The Morgan fingerprint density at radius 1 is 1.50 bits per heavy atom. The predicted octanol–water partition coefficient (Wildman–Crippen LogP) is 2.66. The normalized spacial score (nSPS) is 16.5. The summed E-state index contributed by atoms with van der Waals surface area (Å²) in [5.41, 5.74) is 1.66. The van der Waals surface area contributed by atoms with Crippen molar-refractivity contribution in [3.05, 3.63) is 29.3 Å². The van der Waals surface area contributed by atoms with Crippen LogP contribution >= 0.6 is 0 Å². The first-order valence-corrected chi connectivity index (χ1v) is 4.46. The van der Waals surface area contributed by atoms with Crippen molar-refractivity contribution in [3.63, 3.8) is 0 Å². The van der Waals surface area contributed by atoms with Gasteiger partial charge in [0.15, 0.2) is 0 Å². The van der Waals surface area contributed by atoms with Crippen LogP contribution in [0.5, 0.6) is 0 Å². The molecule has 0 spiro atoms. The summed E-state index contributed by atoms with van der Waals surface area (Å²) in [5, 5.41) is 0. The van der Waals surface area contributed by atoms with Crippen LogP contribution in [0.4, 0.5) is 4.39 Å². The van der Waals surface area contributed by atoms with Gasteiger partial charge in [0.25, 0.3) is 0 Å². The Morgan fingerprint density at radius 2 is 2.25 bits per heavy atom. The van der Waals surface area contributed by atoms with E-state index in [0.29, 0.717) is 5.92 Å². The second-order valence-electron chi connectivity index (χ2n) is 3.31. The second-order valence-corrected chi connectivity index (χ2v) is 3.31. The van der Waals surface area contributed by atoms with Gasteiger partial charge in [0.2, 0.25) is 5.95 Å². The van der Waals surface area contributed by atoms with Gasteiger partial charge in [-0.2, -0.15) is 4.39 Å². The summed E-state index contributed by atoms with van der Waals surface area (Å²) in [7, 11) is 0. The number of aryl methyl sites for hydroxylation is 1. The van der Waals surface area contributed by atoms with Crippen molar-refractivity contribution in [1.82, 2.24) is 4.98 Å². The Balaban J connectivity index is 2.32. The summed E-state index contributed by atoms with van der Waals surface area (Å²) in [6, 6.07) is 3.82. The van der Waals surface area contributed by atoms with Crippen LogP contribution in [0.1, 0.15) is 36.9 Å². The van der Waals surface area contributed by atoms with Gasteiger partial charge in [-0.15, -0.1) is 0 Å². The average Bonchev–Trinajstić information content (AvgIpc) is 2.87. The molecule has 1 nitrogen and oxygen atoms in total. The lowest BCUT2D eigenvalue weighted by molar-refractivity contribution is 0.561. The van der Waals surface area contributed by atoms with Crippen molar-refractivity contribution in [2.45, 2.75) is 32.1 Å². The molecule has 0 atom stereocenters. The molecule has 2 heteroatoms. The van der Waals surface area contributed by atoms with Gasteiger partial charge >= 0.3 is 0 Å². The third-order valence-electron chi connectivity index (χ3n) is 2.31. The van der Waals surface area contributed by atoms with E-state index in [1.807, 2.05) is 19.1 Å². The van der Waals surface area contributed by atoms with E-state index in [9.17, 15) is 4.39 Å². The van der Waals surface area contributed by atoms with Crippen LogP contribution in [-0.4, -0.2) is 4.98 Å². The first-order valence-electron chi connectivity index (χ1n) is 4.46. The Hall–Kier alpha value is -0.920. The monoisotopic (exact) mass is 165 g/mol. The molecular weight excluding hydrogens is 153 g/mol. The van der Waals surface area contributed by atoms with E-state index in [1.54, 1.807) is 0 Å². The highest BCUT2D eigenvalue weighted by molar-refractivity contribution is 5.23. The molecule has 1 aromatic rings. The molecule has 0 radical (unpaired) electrons. The molecule has 1 aliphatic rings. The number of hydrogen-bond acceptors (Lipinski definition) is 1. The largest absolute Gasteiger partial charge is 0.225 e. The zero-order chi connectivity index (χ0) is 8.55. The predicted molar refractivity (Wildman–Crippen MR) is 45.5 cm³/mol. The van der Waals surface area contributed by atoms with Gasteiger partial charge in [-0.25, -0.2) is 4.98 Å². The summed E-state index contributed by atoms with van der Waals surface area (Å²) < 4.78 is 13.2. The zero-order valence-corrected chi connectivity index (χ0v) is 7.18. The molecule has 1 heterocycles. The third-order valence-corrected chi connectivity index (χ3v) is 2.31. The highest BCUT2D eigenvalue weighted by Crippen LogP contribution is 2.40. The number of halogens is 1. The minimum atomic E-state index is -0.253. The van der Waals surface area contributed by atoms with E-state index in [4.69, 9.17) is 0 Å². The lowest BCUT2D eigenvalue weighted by Gasteiger charge is -2.01. The van der Waals surface area contributed by atoms with Crippen LogP contribution < -0.4 is 0 Å². The molecule has 0 N–H and O–H groups in total. The van der Waals surface area contributed by atoms with Gasteiger partial charge in [-0.1, -0.05) is 13.0 Å². The molecule has 1 aliphatic carbocycles. The molecule has 2 rings (SSSR count). The van der Waals surface area contributed by atoms with Gasteiger partial charge in [0.05, 0.1) is 0 Å². The Morgan fingerprint density at radius 3 is 2.75 bits per heavy atom. The summed E-state index contributed by atoms with van der Waals surface area (Å²) in [5.74, 6) is 0.209. The lowest BCUT2D eigenvalue weighted by Crippen LogP contribution is -1.95. The minimum absolute atomic E-state index is 0.253. The fourth-order valence-electron chi connectivity index (χ4n) is 1.38. The summed E-state index contributed by atoms with van der Waals surface area (Å²) in [4.78, 5) is 3.89. The summed E-state index contributed by atoms with van der Waals surface area (Å²) >= 11 is 0. The number of nitrogens with zero attached hydrogens (tertiary/aromatic N) is 1. The van der Waals surface area contributed by atoms with Gasteiger partial charge in [0, 0.05) is 11.3 Å². The molecule has 64 valence electrons. The van der Waals surface area contributed by atoms with Crippen LogP contribution in [0.3, 0.4) is 0 Å². The van der Waals surface area contributed by atoms with Gasteiger partial charge in [0.1, 0.15) is 0 Å². The number of hydrogen-bond donors (Lipinski definition) is 0. The number of aromatic nitrogens is 1. The molecule has 0 aliphatic heterocycles. The maximum Gasteiger partial charge on any atom is 0.216 e. The van der Waals surface area contributed by atoms with Crippen molar-refractivity contribution >= 4 is 0 Å². The molecule has 0 saturated heterocycles. The van der Waals surface area contributed by atoms with E-state index < -0.39 is 0 Å². The Kier molecular flexibility index (Phi) is 1.83. The number of pyridine rings is 1. The smallest absolute Gasteiger partial charge is 0.216 e. The van der Waals surface area contributed by atoms with Gasteiger partial charge in [-0.3, -0.25) is 0 Å². The highest BCUT2D eigenvalue weighted by atomic mass is 19.1. The van der Waals surface area contributed by atoms with Gasteiger partial charge in [-0.05, 0) is 31.2 Å². The van der Waals surface area contributed by atoms with E-state index in [-0.39, 0.29) is 5.95 Å². The van der Waals surface area contributed by atoms with E-state index in [1.165, 1.54) is 0 Å². The summed E-state index contributed by atoms with van der Waals surface area (Å²) in [6.45, 7) is 1.98. The average molecular weight is 165 g/mol. The van der Waals surface area contributed by atoms with Crippen LogP contribution in [0, 0.1) is 5.95 Å². The van der Waals surface area contributed by atoms with Crippen molar-refractivity contribution in [3.8, 4) is 0 Å². The van der Waals surface area contributed by atoms with E-state index >= 15 is 0 Å². The molecule has 1 fully saturated rings. The molecular formula is C10H12FN. The first-order chi connectivity index (χ1) is 5.81. The topological polar surface area (TPSA) is 12.9 Å². The van der Waals surface area contributed by atoms with Crippen LogP contribution in [0.2, 0.25) is 0 Å². The molecule has 1 aromatic heterocycles. The minimum Gasteiger partial charge on any atom is -0.225 e. The van der Waals surface area contributed by atoms with Crippen LogP contribution in [0.25, 0.3) is 0 Å².